The molecule has 51 heavy (non-hydrogen) atoms. The molecule has 2 saturated carbocycles. The third-order valence-corrected chi connectivity index (χ3v) is 12.9. The number of amides is 1. The van der Waals surface area contributed by atoms with Gasteiger partial charge in [-0.25, -0.2) is 14.4 Å². The van der Waals surface area contributed by atoms with Gasteiger partial charge in [-0.2, -0.15) is 0 Å². The number of imidazole rings is 1. The number of aliphatic hydroxyl groups is 1. The van der Waals surface area contributed by atoms with Crippen LogP contribution in [0.15, 0.2) is 49.1 Å². The van der Waals surface area contributed by atoms with E-state index in [1.165, 1.54) is 25.5 Å². The van der Waals surface area contributed by atoms with Crippen LogP contribution in [-0.2, 0) is 10.2 Å². The van der Waals surface area contributed by atoms with E-state index in [2.05, 4.69) is 64.0 Å². The first-order valence-corrected chi connectivity index (χ1v) is 19.0. The number of fused-ring (bicyclic) bond motifs is 3. The number of pyridine rings is 2. The van der Waals surface area contributed by atoms with Gasteiger partial charge in [-0.15, -0.1) is 0 Å². The summed E-state index contributed by atoms with van der Waals surface area (Å²) in [6, 6.07) is 10.8. The number of rotatable bonds is 8. The number of nitrogens with zero attached hydrogens (tertiary/aromatic N) is 7. The zero-order valence-electron chi connectivity index (χ0n) is 30.0. The summed E-state index contributed by atoms with van der Waals surface area (Å²) < 4.78 is 16.9. The monoisotopic (exact) mass is 692 g/mol. The first-order chi connectivity index (χ1) is 24.6. The van der Waals surface area contributed by atoms with Crippen LogP contribution < -0.4 is 10.2 Å². The maximum atomic E-state index is 14.9. The van der Waals surface area contributed by atoms with Crippen molar-refractivity contribution < 1.29 is 14.3 Å². The lowest BCUT2D eigenvalue weighted by Gasteiger charge is -2.48. The summed E-state index contributed by atoms with van der Waals surface area (Å²) in [6.45, 7) is 10.1. The molecule has 4 fully saturated rings. The fourth-order valence-electron chi connectivity index (χ4n) is 9.28. The molecular formula is C40H49FN8O2. The van der Waals surface area contributed by atoms with E-state index in [1.807, 2.05) is 17.0 Å². The highest BCUT2D eigenvalue weighted by Gasteiger charge is 2.57. The standard InChI is InChI=1S/C40H49FN8O2/c1-25(2)48-24-43-33-22-32(45-36(35(33)48)44-31-9-14-42-23-30(31)41)26-7-8-29-34(19-26)49(28-20-27(21-28)46-15-5-4-6-16-46)38(51)40(29)12-17-47(18-13-40)37(50)39(3)10-11-39/h7-9,14,19,22-25,27-28,37,50H,4-6,10-13,15-18,20-21H2,1-3H3,(H,42,44,45)/t27-,28+,37?. The van der Waals surface area contributed by atoms with Gasteiger partial charge in [0.15, 0.2) is 11.6 Å². The molecule has 0 bridgehead atoms. The first kappa shape index (κ1) is 32.9. The molecule has 1 amide bonds. The minimum Gasteiger partial charge on any atom is -0.378 e. The number of carbonyl (C=O) groups excluding carboxylic acids is 1. The van der Waals surface area contributed by atoms with Gasteiger partial charge in [0.1, 0.15) is 11.7 Å². The van der Waals surface area contributed by atoms with Gasteiger partial charge in [-0.3, -0.25) is 14.7 Å². The molecule has 4 aromatic rings. The predicted octanol–water partition coefficient (Wildman–Crippen LogP) is 6.77. The van der Waals surface area contributed by atoms with Crippen LogP contribution in [0.1, 0.15) is 90.2 Å². The maximum Gasteiger partial charge on any atom is 0.238 e. The second-order valence-electron chi connectivity index (χ2n) is 16.4. The van der Waals surface area contributed by atoms with Crippen molar-refractivity contribution >= 4 is 34.1 Å². The molecule has 11 heteroatoms. The zero-order chi connectivity index (χ0) is 35.1. The van der Waals surface area contributed by atoms with Crippen molar-refractivity contribution in [1.82, 2.24) is 29.3 Å². The average molecular weight is 693 g/mol. The molecule has 3 aliphatic heterocycles. The van der Waals surface area contributed by atoms with Crippen LogP contribution in [0.2, 0.25) is 0 Å². The fourth-order valence-corrected chi connectivity index (χ4v) is 9.28. The Labute approximate surface area is 299 Å². The minimum atomic E-state index is -0.593. The van der Waals surface area contributed by atoms with Crippen LogP contribution in [0.4, 0.5) is 21.6 Å². The molecule has 1 aromatic carbocycles. The molecule has 9 rings (SSSR count). The molecule has 2 saturated heterocycles. The van der Waals surface area contributed by atoms with Gasteiger partial charge < -0.3 is 24.8 Å². The second kappa shape index (κ2) is 12.3. The number of aliphatic hydroxyl groups excluding tert-OH is 1. The van der Waals surface area contributed by atoms with Crippen molar-refractivity contribution in [2.75, 3.05) is 36.4 Å². The molecule has 1 unspecified atom stereocenters. The summed E-state index contributed by atoms with van der Waals surface area (Å²) in [5.74, 6) is 0.277. The van der Waals surface area contributed by atoms with Crippen molar-refractivity contribution in [2.24, 2.45) is 5.41 Å². The summed E-state index contributed by atoms with van der Waals surface area (Å²) in [6.07, 6.45) is 13.5. The maximum absolute atomic E-state index is 14.9. The number of carbonyl (C=O) groups is 1. The van der Waals surface area contributed by atoms with E-state index in [4.69, 9.17) is 9.97 Å². The van der Waals surface area contributed by atoms with Gasteiger partial charge in [0.25, 0.3) is 0 Å². The number of hydrogen-bond acceptors (Lipinski definition) is 8. The lowest BCUT2D eigenvalue weighted by atomic mass is 9.73. The molecule has 268 valence electrons. The van der Waals surface area contributed by atoms with Crippen molar-refractivity contribution in [3.8, 4) is 11.3 Å². The van der Waals surface area contributed by atoms with Crippen LogP contribution in [0.5, 0.6) is 0 Å². The molecule has 1 atom stereocenters. The third kappa shape index (κ3) is 5.46. The Hall–Kier alpha value is -3.93. The molecule has 2 N–H and O–H groups in total. The van der Waals surface area contributed by atoms with Crippen LogP contribution in [0.25, 0.3) is 22.3 Å². The normalized spacial score (nSPS) is 25.0. The van der Waals surface area contributed by atoms with Crippen LogP contribution in [0.3, 0.4) is 0 Å². The van der Waals surface area contributed by atoms with E-state index in [0.29, 0.717) is 49.2 Å². The van der Waals surface area contributed by atoms with Crippen LogP contribution in [0, 0.1) is 11.2 Å². The molecule has 5 aliphatic rings. The average Bonchev–Trinajstić information content (AvgIpc) is 3.65. The van der Waals surface area contributed by atoms with Gasteiger partial charge in [0.05, 0.1) is 34.8 Å². The van der Waals surface area contributed by atoms with Crippen molar-refractivity contribution in [2.45, 2.75) is 108 Å². The fraction of sp³-hybridized carbons (Fsp3) is 0.550. The number of aromatic nitrogens is 4. The lowest BCUT2D eigenvalue weighted by molar-refractivity contribution is -0.128. The van der Waals surface area contributed by atoms with E-state index >= 15 is 0 Å². The SMILES string of the molecule is CC(C)n1cnc2cc(-c3ccc4c(c3)N([C@H]3C[C@@H](N5CCCCC5)C3)C(=O)C43CCN(C(O)C4(C)CC4)CC3)nc(Nc3ccncc3F)c21. The van der Waals surface area contributed by atoms with E-state index in [9.17, 15) is 14.3 Å². The lowest BCUT2D eigenvalue weighted by Crippen LogP contribution is -2.58. The number of halogens is 1. The molecule has 6 heterocycles. The first-order valence-electron chi connectivity index (χ1n) is 19.0. The zero-order valence-corrected chi connectivity index (χ0v) is 30.0. The molecule has 10 nitrogen and oxygen atoms in total. The largest absolute Gasteiger partial charge is 0.378 e. The number of likely N-dealkylation sites (tertiary alicyclic amines) is 2. The topological polar surface area (TPSA) is 103 Å². The van der Waals surface area contributed by atoms with Gasteiger partial charge in [-0.05, 0) is 102 Å². The summed E-state index contributed by atoms with van der Waals surface area (Å²) in [4.78, 5) is 35.6. The van der Waals surface area contributed by atoms with Gasteiger partial charge >= 0.3 is 0 Å². The van der Waals surface area contributed by atoms with Gasteiger partial charge in [0.2, 0.25) is 5.91 Å². The molecule has 3 aromatic heterocycles. The Morgan fingerprint density at radius 1 is 0.980 bits per heavy atom. The van der Waals surface area contributed by atoms with E-state index in [-0.39, 0.29) is 23.4 Å². The Morgan fingerprint density at radius 3 is 2.45 bits per heavy atom. The number of piperidine rings is 2. The third-order valence-electron chi connectivity index (χ3n) is 12.9. The Kier molecular flexibility index (Phi) is 7.97. The Bertz CT molecular complexity index is 1970. The van der Waals surface area contributed by atoms with Gasteiger partial charge in [-0.1, -0.05) is 25.5 Å². The summed E-state index contributed by atoms with van der Waals surface area (Å²) in [5.41, 5.74) is 4.94. The predicted molar refractivity (Wildman–Crippen MR) is 196 cm³/mol. The van der Waals surface area contributed by atoms with E-state index in [1.54, 1.807) is 12.3 Å². The highest BCUT2D eigenvalue weighted by molar-refractivity contribution is 6.09. The molecular weight excluding hydrogens is 643 g/mol. The van der Waals surface area contributed by atoms with Crippen molar-refractivity contribution in [3.63, 3.8) is 0 Å². The van der Waals surface area contributed by atoms with Crippen LogP contribution in [-0.4, -0.2) is 84.8 Å². The summed E-state index contributed by atoms with van der Waals surface area (Å²) in [7, 11) is 0. The summed E-state index contributed by atoms with van der Waals surface area (Å²) >= 11 is 0. The highest BCUT2D eigenvalue weighted by atomic mass is 19.1. The number of anilines is 3. The van der Waals surface area contributed by atoms with Gasteiger partial charge in [0, 0.05) is 54.1 Å². The molecule has 0 radical (unpaired) electrons. The molecule has 2 aliphatic carbocycles. The highest BCUT2D eigenvalue weighted by Crippen LogP contribution is 2.54. The second-order valence-corrected chi connectivity index (χ2v) is 16.4. The minimum absolute atomic E-state index is 0.0194. The molecule has 1 spiro atoms. The van der Waals surface area contributed by atoms with Crippen LogP contribution >= 0.6 is 0 Å². The van der Waals surface area contributed by atoms with Crippen molar-refractivity contribution in [3.05, 3.63) is 60.4 Å². The van der Waals surface area contributed by atoms with Crippen molar-refractivity contribution in [1.29, 1.82) is 0 Å². The Balaban J connectivity index is 1.09. The number of benzene rings is 1. The number of hydrogen-bond donors (Lipinski definition) is 2. The van der Waals surface area contributed by atoms with E-state index < -0.39 is 17.5 Å². The Morgan fingerprint density at radius 2 is 1.75 bits per heavy atom. The smallest absolute Gasteiger partial charge is 0.238 e. The summed E-state index contributed by atoms with van der Waals surface area (Å²) in [5, 5.41) is 14.4. The number of nitrogens with one attached hydrogen (secondary N) is 1. The van der Waals surface area contributed by atoms with E-state index in [0.717, 1.165) is 66.6 Å². The quantitative estimate of drug-likeness (QED) is 0.209.